The van der Waals surface area contributed by atoms with E-state index >= 15 is 0 Å². The predicted molar refractivity (Wildman–Crippen MR) is 107 cm³/mol. The van der Waals surface area contributed by atoms with Crippen molar-refractivity contribution in [1.82, 2.24) is 9.88 Å². The fraction of sp³-hybridized carbons (Fsp3) is 0.350. The van der Waals surface area contributed by atoms with E-state index in [1.165, 1.54) is 0 Å². The van der Waals surface area contributed by atoms with Crippen molar-refractivity contribution in [3.05, 3.63) is 46.6 Å². The number of halogens is 1. The van der Waals surface area contributed by atoms with Gasteiger partial charge in [0.2, 0.25) is 5.88 Å². The van der Waals surface area contributed by atoms with Crippen LogP contribution in [0.1, 0.15) is 25.1 Å². The molecule has 2 aromatic rings. The molecule has 0 aliphatic carbocycles. The summed E-state index contributed by atoms with van der Waals surface area (Å²) in [5, 5.41) is 10.1. The van der Waals surface area contributed by atoms with E-state index in [2.05, 4.69) is 16.0 Å². The van der Waals surface area contributed by atoms with Gasteiger partial charge in [-0.15, -0.1) is 0 Å². The lowest BCUT2D eigenvalue weighted by Crippen LogP contribution is -2.22. The summed E-state index contributed by atoms with van der Waals surface area (Å²) in [4.78, 5) is 10.7. The van der Waals surface area contributed by atoms with E-state index in [1.807, 2.05) is 32.7 Å². The summed E-state index contributed by atoms with van der Waals surface area (Å²) in [7, 11) is 1.93. The SMILES string of the molecule is CCN(C)C=Nc1cc(C#N)c(OC(C)COc2ccc(Cl)cc2)nc1C. The molecule has 0 spiro atoms. The highest BCUT2D eigenvalue weighted by Crippen LogP contribution is 2.25. The largest absolute Gasteiger partial charge is 0.490 e. The van der Waals surface area contributed by atoms with Crippen molar-refractivity contribution in [3.63, 3.8) is 0 Å². The van der Waals surface area contributed by atoms with Gasteiger partial charge >= 0.3 is 0 Å². The van der Waals surface area contributed by atoms with Crippen molar-refractivity contribution in [3.8, 4) is 17.7 Å². The number of hydrogen-bond donors (Lipinski definition) is 0. The molecular formula is C20H23ClN4O2. The summed E-state index contributed by atoms with van der Waals surface area (Å²) >= 11 is 5.86. The number of aliphatic imine (C=N–C) groups is 1. The molecule has 0 N–H and O–H groups in total. The maximum atomic E-state index is 9.43. The first-order valence-corrected chi connectivity index (χ1v) is 9.02. The third-order valence-corrected chi connectivity index (χ3v) is 4.03. The van der Waals surface area contributed by atoms with E-state index in [-0.39, 0.29) is 12.0 Å². The average Bonchev–Trinajstić information content (AvgIpc) is 2.66. The summed E-state index contributed by atoms with van der Waals surface area (Å²) in [5.41, 5.74) is 1.67. The molecule has 7 heteroatoms. The van der Waals surface area contributed by atoms with Crippen LogP contribution in [0.3, 0.4) is 0 Å². The normalized spacial score (nSPS) is 11.9. The van der Waals surface area contributed by atoms with Gasteiger partial charge in [-0.1, -0.05) is 11.6 Å². The number of aromatic nitrogens is 1. The zero-order valence-electron chi connectivity index (χ0n) is 15.9. The van der Waals surface area contributed by atoms with E-state index in [4.69, 9.17) is 21.1 Å². The van der Waals surface area contributed by atoms with Crippen LogP contribution in [0.2, 0.25) is 5.02 Å². The van der Waals surface area contributed by atoms with Gasteiger partial charge in [-0.05, 0) is 51.1 Å². The van der Waals surface area contributed by atoms with Crippen molar-refractivity contribution < 1.29 is 9.47 Å². The van der Waals surface area contributed by atoms with Crippen molar-refractivity contribution >= 4 is 23.6 Å². The van der Waals surface area contributed by atoms with Crippen molar-refractivity contribution in [2.45, 2.75) is 26.9 Å². The molecule has 0 aliphatic rings. The predicted octanol–water partition coefficient (Wildman–Crippen LogP) is 4.37. The standard InChI is InChI=1S/C20H23ClN4O2/c1-5-25(4)13-23-19-10-16(11-22)20(24-15(19)3)27-14(2)12-26-18-8-6-17(21)7-9-18/h6-10,13-14H,5,12H2,1-4H3. The van der Waals surface area contributed by atoms with E-state index in [0.717, 1.165) is 6.54 Å². The maximum Gasteiger partial charge on any atom is 0.232 e. The molecule has 0 bridgehead atoms. The van der Waals surface area contributed by atoms with Gasteiger partial charge in [0, 0.05) is 18.6 Å². The summed E-state index contributed by atoms with van der Waals surface area (Å²) in [6.45, 7) is 6.88. The van der Waals surface area contributed by atoms with E-state index in [0.29, 0.717) is 34.3 Å². The van der Waals surface area contributed by atoms with E-state index in [9.17, 15) is 5.26 Å². The van der Waals surface area contributed by atoms with Crippen molar-refractivity contribution in [2.75, 3.05) is 20.2 Å². The molecule has 0 saturated heterocycles. The minimum Gasteiger partial charge on any atom is -0.490 e. The van der Waals surface area contributed by atoms with Crippen LogP contribution >= 0.6 is 11.6 Å². The summed E-state index contributed by atoms with van der Waals surface area (Å²) in [6.07, 6.45) is 1.43. The zero-order chi connectivity index (χ0) is 19.8. The Morgan fingerprint density at radius 2 is 2.07 bits per heavy atom. The van der Waals surface area contributed by atoms with Crippen LogP contribution in [0.15, 0.2) is 35.3 Å². The first-order valence-electron chi connectivity index (χ1n) is 8.64. The molecule has 27 heavy (non-hydrogen) atoms. The number of hydrogen-bond acceptors (Lipinski definition) is 5. The Kier molecular flexibility index (Phi) is 7.44. The lowest BCUT2D eigenvalue weighted by molar-refractivity contribution is 0.137. The van der Waals surface area contributed by atoms with Crippen LogP contribution in [0.25, 0.3) is 0 Å². The Morgan fingerprint density at radius 1 is 1.37 bits per heavy atom. The molecule has 0 saturated carbocycles. The molecule has 0 aliphatic heterocycles. The topological polar surface area (TPSA) is 70.7 Å². The lowest BCUT2D eigenvalue weighted by Gasteiger charge is -2.16. The first kappa shape index (κ1) is 20.5. The molecule has 1 unspecified atom stereocenters. The molecule has 0 amide bonds. The molecule has 2 rings (SSSR count). The van der Waals surface area contributed by atoms with Gasteiger partial charge in [-0.25, -0.2) is 9.98 Å². The number of ether oxygens (including phenoxy) is 2. The second kappa shape index (κ2) is 9.79. The van der Waals surface area contributed by atoms with Gasteiger partial charge in [0.1, 0.15) is 30.1 Å². The van der Waals surface area contributed by atoms with Crippen LogP contribution in [0, 0.1) is 18.3 Å². The second-order valence-corrected chi connectivity index (χ2v) is 6.51. The quantitative estimate of drug-likeness (QED) is 0.497. The third kappa shape index (κ3) is 6.15. The monoisotopic (exact) mass is 386 g/mol. The second-order valence-electron chi connectivity index (χ2n) is 6.07. The molecule has 0 radical (unpaired) electrons. The number of aryl methyl sites for hydroxylation is 1. The van der Waals surface area contributed by atoms with Gasteiger partial charge in [-0.3, -0.25) is 0 Å². The zero-order valence-corrected chi connectivity index (χ0v) is 16.7. The Hall–Kier alpha value is -2.78. The average molecular weight is 387 g/mol. The number of pyridine rings is 1. The summed E-state index contributed by atoms with van der Waals surface area (Å²) in [6, 6.07) is 10.9. The highest BCUT2D eigenvalue weighted by molar-refractivity contribution is 6.30. The molecule has 6 nitrogen and oxygen atoms in total. The number of nitrogens with zero attached hydrogens (tertiary/aromatic N) is 4. The van der Waals surface area contributed by atoms with Crippen LogP contribution < -0.4 is 9.47 Å². The fourth-order valence-corrected chi connectivity index (χ4v) is 2.21. The Balaban J connectivity index is 2.06. The van der Waals surface area contributed by atoms with Crippen LogP contribution in [-0.2, 0) is 0 Å². The van der Waals surface area contributed by atoms with Crippen LogP contribution in [0.5, 0.6) is 11.6 Å². The van der Waals surface area contributed by atoms with Crippen LogP contribution in [0.4, 0.5) is 5.69 Å². The van der Waals surface area contributed by atoms with E-state index < -0.39 is 0 Å². The minimum atomic E-state index is -0.291. The number of benzene rings is 1. The van der Waals surface area contributed by atoms with Gasteiger partial charge in [-0.2, -0.15) is 5.26 Å². The van der Waals surface area contributed by atoms with Gasteiger partial charge in [0.05, 0.1) is 17.7 Å². The molecule has 1 aromatic heterocycles. The molecule has 1 heterocycles. The van der Waals surface area contributed by atoms with Gasteiger partial charge in [0.25, 0.3) is 0 Å². The molecule has 1 atom stereocenters. The smallest absolute Gasteiger partial charge is 0.232 e. The number of rotatable bonds is 8. The Bertz CT molecular complexity index is 831. The van der Waals surface area contributed by atoms with Crippen molar-refractivity contribution in [2.24, 2.45) is 4.99 Å². The van der Waals surface area contributed by atoms with Gasteiger partial charge < -0.3 is 14.4 Å². The highest BCUT2D eigenvalue weighted by atomic mass is 35.5. The molecule has 1 aromatic carbocycles. The minimum absolute atomic E-state index is 0.282. The maximum absolute atomic E-state index is 9.43. The molecule has 142 valence electrons. The van der Waals surface area contributed by atoms with E-state index in [1.54, 1.807) is 36.7 Å². The van der Waals surface area contributed by atoms with Crippen LogP contribution in [-0.4, -0.2) is 42.5 Å². The van der Waals surface area contributed by atoms with Crippen molar-refractivity contribution in [1.29, 1.82) is 5.26 Å². The third-order valence-electron chi connectivity index (χ3n) is 3.78. The Morgan fingerprint density at radius 3 is 2.70 bits per heavy atom. The summed E-state index contributed by atoms with van der Waals surface area (Å²) in [5.74, 6) is 0.981. The first-order chi connectivity index (χ1) is 12.9. The summed E-state index contributed by atoms with van der Waals surface area (Å²) < 4.78 is 11.5. The molecule has 0 fully saturated rings. The highest BCUT2D eigenvalue weighted by Gasteiger charge is 2.14. The Labute approximate surface area is 165 Å². The lowest BCUT2D eigenvalue weighted by atomic mass is 10.2. The number of nitriles is 1. The van der Waals surface area contributed by atoms with Gasteiger partial charge in [0.15, 0.2) is 0 Å². The fourth-order valence-electron chi connectivity index (χ4n) is 2.08. The molecular weight excluding hydrogens is 364 g/mol.